The summed E-state index contributed by atoms with van der Waals surface area (Å²) in [6.07, 6.45) is 0. The molecule has 0 aliphatic carbocycles. The first-order valence-electron chi connectivity index (χ1n) is 10.6. The number of hydrogen-bond donors (Lipinski definition) is 0. The maximum atomic E-state index is 13.5. The fourth-order valence-corrected chi connectivity index (χ4v) is 4.10. The zero-order valence-electron chi connectivity index (χ0n) is 18.9. The van der Waals surface area contributed by atoms with Crippen LogP contribution in [0.3, 0.4) is 0 Å². The summed E-state index contributed by atoms with van der Waals surface area (Å²) < 4.78 is 0. The monoisotopic (exact) mass is 465 g/mol. The highest BCUT2D eigenvalue weighted by atomic mass is 32.1. The third-order valence-electron chi connectivity index (χ3n) is 5.15. The van der Waals surface area contributed by atoms with Crippen LogP contribution in [0, 0.1) is 10.1 Å². The highest BCUT2D eigenvalue weighted by Crippen LogP contribution is 2.22. The topological polar surface area (TPSA) is 83.8 Å². The van der Waals surface area contributed by atoms with Crippen LogP contribution < -0.4 is 0 Å². The van der Waals surface area contributed by atoms with Crippen LogP contribution in [0.15, 0.2) is 72.1 Å². The number of thiophene rings is 1. The quantitative estimate of drug-likeness (QED) is 0.341. The Labute approximate surface area is 197 Å². The molecule has 33 heavy (non-hydrogen) atoms. The van der Waals surface area contributed by atoms with E-state index in [1.165, 1.54) is 29.2 Å². The number of rotatable bonds is 8. The number of non-ortho nitro benzene ring substituents is 1. The second-order valence-electron chi connectivity index (χ2n) is 8.68. The van der Waals surface area contributed by atoms with Crippen LogP contribution in [0.1, 0.15) is 41.6 Å². The SMILES string of the molecule is CC(C)(C)N(CC(=O)N(Cc1ccccc1)Cc1cccs1)C(=O)c1cccc([N+](=O)[O-])c1. The summed E-state index contributed by atoms with van der Waals surface area (Å²) in [4.78, 5) is 41.7. The summed E-state index contributed by atoms with van der Waals surface area (Å²) >= 11 is 1.57. The Morgan fingerprint density at radius 3 is 2.30 bits per heavy atom. The van der Waals surface area contributed by atoms with Crippen molar-refractivity contribution in [2.45, 2.75) is 39.4 Å². The van der Waals surface area contributed by atoms with Crippen molar-refractivity contribution in [3.05, 3.63) is 98.2 Å². The lowest BCUT2D eigenvalue weighted by Crippen LogP contribution is -2.51. The summed E-state index contributed by atoms with van der Waals surface area (Å²) in [5, 5.41) is 13.1. The van der Waals surface area contributed by atoms with Crippen molar-refractivity contribution in [3.8, 4) is 0 Å². The maximum absolute atomic E-state index is 13.5. The first-order valence-corrected chi connectivity index (χ1v) is 11.4. The molecule has 0 atom stereocenters. The van der Waals surface area contributed by atoms with Gasteiger partial charge in [-0.2, -0.15) is 0 Å². The van der Waals surface area contributed by atoms with Crippen LogP contribution in [0.5, 0.6) is 0 Å². The molecule has 0 saturated carbocycles. The average Bonchev–Trinajstić information content (AvgIpc) is 3.29. The van der Waals surface area contributed by atoms with Gasteiger partial charge in [-0.05, 0) is 43.8 Å². The first kappa shape index (κ1) is 24.1. The van der Waals surface area contributed by atoms with Crippen LogP contribution in [-0.2, 0) is 17.9 Å². The minimum absolute atomic E-state index is 0.136. The molecule has 0 aliphatic rings. The average molecular weight is 466 g/mol. The van der Waals surface area contributed by atoms with E-state index >= 15 is 0 Å². The van der Waals surface area contributed by atoms with Gasteiger partial charge in [0, 0.05) is 34.7 Å². The lowest BCUT2D eigenvalue weighted by Gasteiger charge is -2.37. The van der Waals surface area contributed by atoms with Crippen molar-refractivity contribution < 1.29 is 14.5 Å². The van der Waals surface area contributed by atoms with Crippen LogP contribution >= 0.6 is 11.3 Å². The van der Waals surface area contributed by atoms with E-state index in [-0.39, 0.29) is 23.7 Å². The Hall–Kier alpha value is -3.52. The zero-order valence-corrected chi connectivity index (χ0v) is 19.7. The smallest absolute Gasteiger partial charge is 0.270 e. The van der Waals surface area contributed by atoms with Gasteiger partial charge in [0.1, 0.15) is 6.54 Å². The van der Waals surface area contributed by atoms with Crippen molar-refractivity contribution in [2.24, 2.45) is 0 Å². The van der Waals surface area contributed by atoms with Gasteiger partial charge in [0.05, 0.1) is 11.5 Å². The van der Waals surface area contributed by atoms with Crippen molar-refractivity contribution in [2.75, 3.05) is 6.54 Å². The van der Waals surface area contributed by atoms with E-state index in [0.717, 1.165) is 10.4 Å². The van der Waals surface area contributed by atoms with Crippen molar-refractivity contribution in [1.82, 2.24) is 9.80 Å². The molecule has 1 heterocycles. The van der Waals surface area contributed by atoms with Crippen molar-refractivity contribution in [1.29, 1.82) is 0 Å². The number of carbonyl (C=O) groups excluding carboxylic acids is 2. The van der Waals surface area contributed by atoms with E-state index in [1.54, 1.807) is 16.2 Å². The molecule has 0 spiro atoms. The third-order valence-corrected chi connectivity index (χ3v) is 6.01. The Bertz CT molecular complexity index is 1110. The number of nitro benzene ring substituents is 1. The van der Waals surface area contributed by atoms with Gasteiger partial charge in [0.15, 0.2) is 0 Å². The molecule has 0 unspecified atom stereocenters. The lowest BCUT2D eigenvalue weighted by molar-refractivity contribution is -0.384. The minimum atomic E-state index is -0.668. The number of nitro groups is 1. The highest BCUT2D eigenvalue weighted by molar-refractivity contribution is 7.09. The molecule has 172 valence electrons. The summed E-state index contributed by atoms with van der Waals surface area (Å²) in [6.45, 7) is 6.25. The number of benzene rings is 2. The van der Waals surface area contributed by atoms with Gasteiger partial charge in [-0.1, -0.05) is 42.5 Å². The summed E-state index contributed by atoms with van der Waals surface area (Å²) in [5.74, 6) is -0.615. The Morgan fingerprint density at radius 1 is 0.970 bits per heavy atom. The molecule has 3 aromatic rings. The van der Waals surface area contributed by atoms with Crippen molar-refractivity contribution >= 4 is 28.8 Å². The largest absolute Gasteiger partial charge is 0.332 e. The van der Waals surface area contributed by atoms with E-state index in [2.05, 4.69) is 0 Å². The molecule has 0 fully saturated rings. The minimum Gasteiger partial charge on any atom is -0.332 e. The fraction of sp³-hybridized carbons (Fsp3) is 0.280. The molecule has 2 amide bonds. The standard InChI is InChI=1S/C25H27N3O4S/c1-25(2,3)27(24(30)20-11-7-12-21(15-20)28(31)32)18-23(29)26(17-22-13-8-14-33-22)16-19-9-5-4-6-10-19/h4-15H,16-18H2,1-3H3. The van der Waals surface area contributed by atoms with E-state index in [0.29, 0.717) is 13.1 Å². The van der Waals surface area contributed by atoms with Crippen LogP contribution in [0.25, 0.3) is 0 Å². The van der Waals surface area contributed by atoms with E-state index in [4.69, 9.17) is 0 Å². The number of amides is 2. The molecule has 0 aliphatic heterocycles. The molecule has 2 aromatic carbocycles. The lowest BCUT2D eigenvalue weighted by atomic mass is 10.0. The van der Waals surface area contributed by atoms with Crippen LogP contribution in [0.4, 0.5) is 5.69 Å². The van der Waals surface area contributed by atoms with E-state index < -0.39 is 16.4 Å². The van der Waals surface area contributed by atoms with Gasteiger partial charge in [-0.3, -0.25) is 19.7 Å². The predicted molar refractivity (Wildman–Crippen MR) is 129 cm³/mol. The molecule has 0 saturated heterocycles. The Morgan fingerprint density at radius 2 is 1.70 bits per heavy atom. The van der Waals surface area contributed by atoms with Gasteiger partial charge < -0.3 is 9.80 Å². The molecule has 8 heteroatoms. The van der Waals surface area contributed by atoms with Crippen LogP contribution in [0.2, 0.25) is 0 Å². The molecule has 7 nitrogen and oxygen atoms in total. The van der Waals surface area contributed by atoms with Gasteiger partial charge in [-0.25, -0.2) is 0 Å². The molecular formula is C25H27N3O4S. The summed E-state index contributed by atoms with van der Waals surface area (Å²) in [7, 11) is 0. The highest BCUT2D eigenvalue weighted by Gasteiger charge is 2.31. The van der Waals surface area contributed by atoms with E-state index in [9.17, 15) is 19.7 Å². The van der Waals surface area contributed by atoms with Gasteiger partial charge in [0.25, 0.3) is 11.6 Å². The van der Waals surface area contributed by atoms with Gasteiger partial charge in [0.2, 0.25) is 5.91 Å². The Kier molecular flexibility index (Phi) is 7.60. The normalized spacial score (nSPS) is 11.1. The Balaban J connectivity index is 1.86. The molecule has 0 bridgehead atoms. The molecular weight excluding hydrogens is 438 g/mol. The molecule has 0 N–H and O–H groups in total. The van der Waals surface area contributed by atoms with Crippen molar-refractivity contribution in [3.63, 3.8) is 0 Å². The van der Waals surface area contributed by atoms with Gasteiger partial charge in [-0.15, -0.1) is 11.3 Å². The second kappa shape index (κ2) is 10.4. The zero-order chi connectivity index (χ0) is 24.0. The van der Waals surface area contributed by atoms with E-state index in [1.807, 2.05) is 68.6 Å². The fourth-order valence-electron chi connectivity index (χ4n) is 3.38. The number of carbonyl (C=O) groups is 2. The molecule has 0 radical (unpaired) electrons. The number of nitrogens with zero attached hydrogens (tertiary/aromatic N) is 3. The first-order chi connectivity index (χ1) is 15.6. The van der Waals surface area contributed by atoms with Crippen LogP contribution in [-0.4, -0.2) is 38.6 Å². The second-order valence-corrected chi connectivity index (χ2v) is 9.72. The maximum Gasteiger partial charge on any atom is 0.270 e. The molecule has 1 aromatic heterocycles. The summed E-state index contributed by atoms with van der Waals surface area (Å²) in [5.41, 5.74) is 0.345. The predicted octanol–water partition coefficient (Wildman–Crippen LogP) is 5.13. The number of hydrogen-bond acceptors (Lipinski definition) is 5. The molecule has 3 rings (SSSR count). The third kappa shape index (κ3) is 6.49. The summed E-state index contributed by atoms with van der Waals surface area (Å²) in [6, 6.07) is 19.2. The van der Waals surface area contributed by atoms with Gasteiger partial charge >= 0.3 is 0 Å².